The Balaban J connectivity index is 1.94. The Bertz CT molecular complexity index is 307. The zero-order valence-corrected chi connectivity index (χ0v) is 8.20. The van der Waals surface area contributed by atoms with Crippen molar-refractivity contribution >= 4 is 5.91 Å². The van der Waals surface area contributed by atoms with Crippen molar-refractivity contribution in [3.05, 3.63) is 35.9 Å². The maximum Gasteiger partial charge on any atom is 0.220 e. The van der Waals surface area contributed by atoms with E-state index in [1.54, 1.807) is 0 Å². The summed E-state index contributed by atoms with van der Waals surface area (Å²) in [5, 5.41) is 3.03. The van der Waals surface area contributed by atoms with Crippen LogP contribution < -0.4 is 5.32 Å². The number of hydrogen-bond acceptors (Lipinski definition) is 1. The van der Waals surface area contributed by atoms with Gasteiger partial charge in [-0.2, -0.15) is 0 Å². The third-order valence-corrected chi connectivity index (χ3v) is 2.65. The summed E-state index contributed by atoms with van der Waals surface area (Å²) in [7, 11) is 0. The summed E-state index contributed by atoms with van der Waals surface area (Å²) in [4.78, 5) is 11.2. The summed E-state index contributed by atoms with van der Waals surface area (Å²) in [6, 6.07) is 10.7. The van der Waals surface area contributed by atoms with Crippen molar-refractivity contribution in [3.63, 3.8) is 0 Å². The molecule has 0 saturated carbocycles. The normalized spacial score (nSPS) is 21.7. The van der Waals surface area contributed by atoms with Gasteiger partial charge in [0.25, 0.3) is 0 Å². The minimum Gasteiger partial charge on any atom is -0.353 e. The highest BCUT2D eigenvalue weighted by Crippen LogP contribution is 2.12. The molecule has 1 fully saturated rings. The van der Waals surface area contributed by atoms with Crippen molar-refractivity contribution in [1.29, 1.82) is 0 Å². The summed E-state index contributed by atoms with van der Waals surface area (Å²) in [6.07, 6.45) is 3.81. The average molecular weight is 189 g/mol. The van der Waals surface area contributed by atoms with Crippen LogP contribution in [0.3, 0.4) is 0 Å². The van der Waals surface area contributed by atoms with Gasteiger partial charge in [0.1, 0.15) is 0 Å². The van der Waals surface area contributed by atoms with Gasteiger partial charge in [0.15, 0.2) is 0 Å². The van der Waals surface area contributed by atoms with E-state index in [2.05, 4.69) is 17.4 Å². The van der Waals surface area contributed by atoms with Crippen LogP contribution in [0.4, 0.5) is 0 Å². The molecule has 2 heteroatoms. The second-order valence-electron chi connectivity index (χ2n) is 3.85. The van der Waals surface area contributed by atoms with Crippen molar-refractivity contribution < 1.29 is 4.79 Å². The summed E-state index contributed by atoms with van der Waals surface area (Å²) >= 11 is 0. The Kier molecular flexibility index (Phi) is 2.82. The van der Waals surface area contributed by atoms with Crippen molar-refractivity contribution in [1.82, 2.24) is 5.32 Å². The number of rotatable bonds is 2. The topological polar surface area (TPSA) is 29.1 Å². The third kappa shape index (κ3) is 2.34. The molecule has 1 aromatic rings. The first kappa shape index (κ1) is 9.25. The van der Waals surface area contributed by atoms with Crippen LogP contribution in [0.1, 0.15) is 24.8 Å². The molecule has 0 aromatic heterocycles. The standard InChI is InChI=1S/C12H15NO/c14-12-8-4-7-11(13-12)9-10-5-2-1-3-6-10/h1-3,5-6,11H,4,7-9H2,(H,13,14). The molecule has 2 nitrogen and oxygen atoms in total. The van der Waals surface area contributed by atoms with E-state index in [-0.39, 0.29) is 5.91 Å². The zero-order chi connectivity index (χ0) is 9.80. The molecule has 1 saturated heterocycles. The molecule has 2 rings (SSSR count). The maximum atomic E-state index is 11.2. The molecule has 1 aromatic carbocycles. The first-order valence-corrected chi connectivity index (χ1v) is 5.18. The van der Waals surface area contributed by atoms with Gasteiger partial charge in [-0.1, -0.05) is 30.3 Å². The smallest absolute Gasteiger partial charge is 0.220 e. The summed E-state index contributed by atoms with van der Waals surface area (Å²) < 4.78 is 0. The lowest BCUT2D eigenvalue weighted by molar-refractivity contribution is -0.123. The SMILES string of the molecule is O=C1CCCC(Cc2ccccc2)N1. The summed E-state index contributed by atoms with van der Waals surface area (Å²) in [6.45, 7) is 0. The van der Waals surface area contributed by atoms with Crippen LogP contribution in [0.15, 0.2) is 30.3 Å². The Labute approximate surface area is 84.3 Å². The molecule has 1 heterocycles. The van der Waals surface area contributed by atoms with Crippen LogP contribution in [0.5, 0.6) is 0 Å². The van der Waals surface area contributed by atoms with Gasteiger partial charge in [0, 0.05) is 12.5 Å². The van der Waals surface area contributed by atoms with E-state index < -0.39 is 0 Å². The number of piperidine rings is 1. The van der Waals surface area contributed by atoms with E-state index in [0.29, 0.717) is 12.5 Å². The minimum atomic E-state index is 0.206. The molecule has 1 N–H and O–H groups in total. The van der Waals surface area contributed by atoms with Crippen LogP contribution in [-0.4, -0.2) is 11.9 Å². The lowest BCUT2D eigenvalue weighted by Gasteiger charge is -2.23. The number of hydrogen-bond donors (Lipinski definition) is 1. The molecule has 0 aliphatic carbocycles. The van der Waals surface area contributed by atoms with Gasteiger partial charge in [-0.15, -0.1) is 0 Å². The Morgan fingerprint density at radius 2 is 2.07 bits per heavy atom. The van der Waals surface area contributed by atoms with Gasteiger partial charge >= 0.3 is 0 Å². The molecule has 1 aliphatic rings. The quantitative estimate of drug-likeness (QED) is 0.756. The van der Waals surface area contributed by atoms with E-state index in [9.17, 15) is 4.79 Å². The lowest BCUT2D eigenvalue weighted by atomic mass is 9.97. The molecule has 74 valence electrons. The van der Waals surface area contributed by atoms with Gasteiger partial charge in [-0.3, -0.25) is 4.79 Å². The Morgan fingerprint density at radius 1 is 1.29 bits per heavy atom. The molecular formula is C12H15NO. The second-order valence-corrected chi connectivity index (χ2v) is 3.85. The van der Waals surface area contributed by atoms with Crippen molar-refractivity contribution in [2.24, 2.45) is 0 Å². The van der Waals surface area contributed by atoms with E-state index >= 15 is 0 Å². The predicted octanol–water partition coefficient (Wildman–Crippen LogP) is 1.90. The van der Waals surface area contributed by atoms with E-state index in [4.69, 9.17) is 0 Å². The lowest BCUT2D eigenvalue weighted by Crippen LogP contribution is -2.39. The number of benzene rings is 1. The average Bonchev–Trinajstić information content (AvgIpc) is 2.19. The van der Waals surface area contributed by atoms with Crippen molar-refractivity contribution in [2.75, 3.05) is 0 Å². The first-order valence-electron chi connectivity index (χ1n) is 5.18. The summed E-state index contributed by atoms with van der Waals surface area (Å²) in [5.41, 5.74) is 1.31. The number of nitrogens with one attached hydrogen (secondary N) is 1. The van der Waals surface area contributed by atoms with Crippen LogP contribution in [-0.2, 0) is 11.2 Å². The highest BCUT2D eigenvalue weighted by Gasteiger charge is 2.17. The molecule has 1 amide bonds. The van der Waals surface area contributed by atoms with Gasteiger partial charge in [-0.25, -0.2) is 0 Å². The number of carbonyl (C=O) groups is 1. The fourth-order valence-electron chi connectivity index (χ4n) is 1.93. The minimum absolute atomic E-state index is 0.206. The highest BCUT2D eigenvalue weighted by atomic mass is 16.1. The number of amides is 1. The van der Waals surface area contributed by atoms with Crippen LogP contribution in [0.2, 0.25) is 0 Å². The molecule has 1 atom stereocenters. The largest absolute Gasteiger partial charge is 0.353 e. The second kappa shape index (κ2) is 4.27. The monoisotopic (exact) mass is 189 g/mol. The summed E-state index contributed by atoms with van der Waals surface area (Å²) in [5.74, 6) is 0.206. The predicted molar refractivity (Wildman–Crippen MR) is 55.9 cm³/mol. The first-order chi connectivity index (χ1) is 6.84. The van der Waals surface area contributed by atoms with Crippen molar-refractivity contribution in [3.8, 4) is 0 Å². The molecule has 1 unspecified atom stereocenters. The van der Waals surface area contributed by atoms with Gasteiger partial charge in [0.2, 0.25) is 5.91 Å². The molecule has 1 aliphatic heterocycles. The fourth-order valence-corrected chi connectivity index (χ4v) is 1.93. The van der Waals surface area contributed by atoms with E-state index in [1.165, 1.54) is 5.56 Å². The fraction of sp³-hybridized carbons (Fsp3) is 0.417. The third-order valence-electron chi connectivity index (χ3n) is 2.65. The van der Waals surface area contributed by atoms with Crippen LogP contribution in [0.25, 0.3) is 0 Å². The molecule has 0 spiro atoms. The van der Waals surface area contributed by atoms with Gasteiger partial charge in [-0.05, 0) is 24.8 Å². The molecule has 0 radical (unpaired) electrons. The maximum absolute atomic E-state index is 11.2. The Morgan fingerprint density at radius 3 is 2.79 bits per heavy atom. The molecule has 14 heavy (non-hydrogen) atoms. The molecular weight excluding hydrogens is 174 g/mol. The van der Waals surface area contributed by atoms with Gasteiger partial charge in [0.05, 0.1) is 0 Å². The van der Waals surface area contributed by atoms with Gasteiger partial charge < -0.3 is 5.32 Å². The van der Waals surface area contributed by atoms with E-state index in [1.807, 2.05) is 18.2 Å². The highest BCUT2D eigenvalue weighted by molar-refractivity contribution is 5.76. The zero-order valence-electron chi connectivity index (χ0n) is 8.20. The van der Waals surface area contributed by atoms with Crippen LogP contribution in [0, 0.1) is 0 Å². The molecule has 0 bridgehead atoms. The Hall–Kier alpha value is -1.31. The van der Waals surface area contributed by atoms with Crippen LogP contribution >= 0.6 is 0 Å². The van der Waals surface area contributed by atoms with Crippen molar-refractivity contribution in [2.45, 2.75) is 31.7 Å². The van der Waals surface area contributed by atoms with E-state index in [0.717, 1.165) is 19.3 Å². The number of carbonyl (C=O) groups excluding carboxylic acids is 1.